The van der Waals surface area contributed by atoms with E-state index in [1.165, 1.54) is 6.20 Å². The van der Waals surface area contributed by atoms with Crippen LogP contribution in [0.4, 0.5) is 17.3 Å². The highest BCUT2D eigenvalue weighted by Gasteiger charge is 2.23. The molecule has 3 aromatic heterocycles. The number of nitrogens with one attached hydrogen (secondary N) is 2. The third kappa shape index (κ3) is 4.02. The van der Waals surface area contributed by atoms with Gasteiger partial charge in [0, 0.05) is 61.2 Å². The summed E-state index contributed by atoms with van der Waals surface area (Å²) in [6.07, 6.45) is 4.65. The topological polar surface area (TPSA) is 105 Å². The molecular weight excluding hydrogens is 498 g/mol. The number of halogens is 1. The van der Waals surface area contributed by atoms with Gasteiger partial charge in [0.15, 0.2) is 5.65 Å². The standard InChI is InChI=1S/C25H22ClN7O2S/c26-20-15-19(32-13-10-27-11-14-32)6-7-21(20)30-25-29-16-18-8-12-33(24(18)31-25)36(34,35)22-5-1-3-17-4-2-9-28-23(17)22/h1-9,12,15-16,27H,10-11,13-14H2,(H,29,30,31). The molecule has 1 aliphatic rings. The van der Waals surface area contributed by atoms with Gasteiger partial charge < -0.3 is 15.5 Å². The highest BCUT2D eigenvalue weighted by Crippen LogP contribution is 2.30. The molecule has 0 atom stereocenters. The van der Waals surface area contributed by atoms with E-state index < -0.39 is 10.0 Å². The van der Waals surface area contributed by atoms with E-state index in [1.54, 1.807) is 36.7 Å². The normalized spacial score (nSPS) is 14.4. The van der Waals surface area contributed by atoms with Crippen molar-refractivity contribution in [2.24, 2.45) is 0 Å². The van der Waals surface area contributed by atoms with Gasteiger partial charge in [0.1, 0.15) is 4.90 Å². The molecule has 9 nitrogen and oxygen atoms in total. The van der Waals surface area contributed by atoms with Crippen molar-refractivity contribution in [3.05, 3.63) is 78.2 Å². The van der Waals surface area contributed by atoms with Crippen LogP contribution in [0.15, 0.2) is 78.1 Å². The van der Waals surface area contributed by atoms with E-state index in [0.717, 1.165) is 41.2 Å². The average molecular weight is 520 g/mol. The molecule has 11 heteroatoms. The Balaban J connectivity index is 1.35. The quantitative estimate of drug-likeness (QED) is 0.359. The van der Waals surface area contributed by atoms with Crippen molar-refractivity contribution in [3.63, 3.8) is 0 Å². The Bertz CT molecular complexity index is 1690. The van der Waals surface area contributed by atoms with Gasteiger partial charge in [0.05, 0.1) is 16.2 Å². The monoisotopic (exact) mass is 519 g/mol. The fourth-order valence-corrected chi connectivity index (χ4v) is 6.08. The molecule has 0 unspecified atom stereocenters. The zero-order chi connectivity index (χ0) is 24.7. The van der Waals surface area contributed by atoms with Crippen molar-refractivity contribution in [1.29, 1.82) is 0 Å². The third-order valence-electron chi connectivity index (χ3n) is 6.21. The summed E-state index contributed by atoms with van der Waals surface area (Å²) in [7, 11) is -3.97. The van der Waals surface area contributed by atoms with Crippen LogP contribution in [0.25, 0.3) is 21.9 Å². The van der Waals surface area contributed by atoms with E-state index in [0.29, 0.717) is 21.6 Å². The van der Waals surface area contributed by atoms with Crippen molar-refractivity contribution in [2.45, 2.75) is 4.90 Å². The number of nitrogens with zero attached hydrogens (tertiary/aromatic N) is 5. The summed E-state index contributed by atoms with van der Waals surface area (Å²) in [4.78, 5) is 15.6. The predicted octanol–water partition coefficient (Wildman–Crippen LogP) is 4.02. The summed E-state index contributed by atoms with van der Waals surface area (Å²) in [6.45, 7) is 3.70. The summed E-state index contributed by atoms with van der Waals surface area (Å²) in [5.74, 6) is 0.241. The smallest absolute Gasteiger partial charge is 0.271 e. The molecule has 1 aliphatic heterocycles. The molecule has 36 heavy (non-hydrogen) atoms. The number of piperazine rings is 1. The first-order chi connectivity index (χ1) is 17.5. The number of fused-ring (bicyclic) bond motifs is 2. The molecule has 0 radical (unpaired) electrons. The van der Waals surface area contributed by atoms with Crippen LogP contribution in [0.3, 0.4) is 0 Å². The molecule has 0 saturated carbocycles. The number of hydrogen-bond acceptors (Lipinski definition) is 8. The number of anilines is 3. The summed E-state index contributed by atoms with van der Waals surface area (Å²) >= 11 is 6.57. The van der Waals surface area contributed by atoms with Gasteiger partial charge in [-0.05, 0) is 36.4 Å². The number of aromatic nitrogens is 4. The van der Waals surface area contributed by atoms with Gasteiger partial charge in [-0.15, -0.1) is 0 Å². The maximum absolute atomic E-state index is 13.6. The molecule has 0 spiro atoms. The van der Waals surface area contributed by atoms with Crippen molar-refractivity contribution >= 4 is 60.9 Å². The van der Waals surface area contributed by atoms with E-state index in [4.69, 9.17) is 11.6 Å². The SMILES string of the molecule is O=S(=O)(c1cccc2cccnc12)n1ccc2cnc(Nc3ccc(N4CCNCC4)cc3Cl)nc21. The van der Waals surface area contributed by atoms with Crippen LogP contribution in [0, 0.1) is 0 Å². The van der Waals surface area contributed by atoms with Gasteiger partial charge in [-0.25, -0.2) is 17.4 Å². The molecule has 0 aliphatic carbocycles. The summed E-state index contributed by atoms with van der Waals surface area (Å²) in [5.41, 5.74) is 2.35. The lowest BCUT2D eigenvalue weighted by Crippen LogP contribution is -2.43. The molecule has 1 saturated heterocycles. The van der Waals surface area contributed by atoms with Gasteiger partial charge in [-0.2, -0.15) is 4.98 Å². The molecule has 182 valence electrons. The van der Waals surface area contributed by atoms with Crippen LogP contribution < -0.4 is 15.5 Å². The Morgan fingerprint density at radius 3 is 2.64 bits per heavy atom. The Labute approximate surface area is 212 Å². The van der Waals surface area contributed by atoms with Crippen LogP contribution in [0.5, 0.6) is 0 Å². The summed E-state index contributed by atoms with van der Waals surface area (Å²) in [5, 5.41) is 8.33. The molecule has 4 heterocycles. The number of para-hydroxylation sites is 1. The Morgan fingerprint density at radius 1 is 0.972 bits per heavy atom. The Morgan fingerprint density at radius 2 is 1.81 bits per heavy atom. The molecule has 5 aromatic rings. The van der Waals surface area contributed by atoms with Gasteiger partial charge in [0.2, 0.25) is 5.95 Å². The average Bonchev–Trinajstić information content (AvgIpc) is 3.34. The third-order valence-corrected chi connectivity index (χ3v) is 8.22. The van der Waals surface area contributed by atoms with Gasteiger partial charge >= 0.3 is 0 Å². The van der Waals surface area contributed by atoms with Crippen LogP contribution in [0.2, 0.25) is 5.02 Å². The first kappa shape index (κ1) is 22.7. The molecule has 1 fully saturated rings. The van der Waals surface area contributed by atoms with E-state index in [2.05, 4.69) is 30.5 Å². The number of hydrogen-bond donors (Lipinski definition) is 2. The number of pyridine rings is 1. The largest absolute Gasteiger partial charge is 0.369 e. The number of benzene rings is 2. The Kier molecular flexibility index (Phi) is 5.71. The first-order valence-electron chi connectivity index (χ1n) is 11.5. The second kappa shape index (κ2) is 9.05. The van der Waals surface area contributed by atoms with E-state index in [9.17, 15) is 8.42 Å². The maximum atomic E-state index is 13.6. The second-order valence-corrected chi connectivity index (χ2v) is 10.6. The minimum atomic E-state index is -3.97. The predicted molar refractivity (Wildman–Crippen MR) is 142 cm³/mol. The summed E-state index contributed by atoms with van der Waals surface area (Å²) < 4.78 is 28.5. The van der Waals surface area contributed by atoms with Gasteiger partial charge in [0.25, 0.3) is 10.0 Å². The fraction of sp³-hybridized carbons (Fsp3) is 0.160. The molecule has 2 N–H and O–H groups in total. The van der Waals surface area contributed by atoms with Crippen molar-refractivity contribution < 1.29 is 8.42 Å². The molecule has 0 amide bonds. The minimum Gasteiger partial charge on any atom is -0.369 e. The lowest BCUT2D eigenvalue weighted by atomic mass is 10.2. The van der Waals surface area contributed by atoms with Crippen LogP contribution >= 0.6 is 11.6 Å². The first-order valence-corrected chi connectivity index (χ1v) is 13.3. The zero-order valence-electron chi connectivity index (χ0n) is 19.1. The Hall–Kier alpha value is -3.73. The van der Waals surface area contributed by atoms with Gasteiger partial charge in [-0.3, -0.25) is 4.98 Å². The number of rotatable bonds is 5. The lowest BCUT2D eigenvalue weighted by molar-refractivity contribution is 0.589. The van der Waals surface area contributed by atoms with Crippen LogP contribution in [-0.2, 0) is 10.0 Å². The zero-order valence-corrected chi connectivity index (χ0v) is 20.7. The van der Waals surface area contributed by atoms with Crippen LogP contribution in [-0.4, -0.2) is 53.5 Å². The van der Waals surface area contributed by atoms with Crippen molar-refractivity contribution in [1.82, 2.24) is 24.2 Å². The maximum Gasteiger partial charge on any atom is 0.271 e. The van der Waals surface area contributed by atoms with E-state index in [-0.39, 0.29) is 16.5 Å². The molecule has 2 aromatic carbocycles. The van der Waals surface area contributed by atoms with Crippen LogP contribution in [0.1, 0.15) is 0 Å². The van der Waals surface area contributed by atoms with E-state index >= 15 is 0 Å². The lowest BCUT2D eigenvalue weighted by Gasteiger charge is -2.29. The van der Waals surface area contributed by atoms with Crippen molar-refractivity contribution in [2.75, 3.05) is 36.4 Å². The van der Waals surface area contributed by atoms with E-state index in [1.807, 2.05) is 30.3 Å². The fourth-order valence-electron chi connectivity index (χ4n) is 4.38. The highest BCUT2D eigenvalue weighted by molar-refractivity contribution is 7.90. The molecule has 0 bridgehead atoms. The van der Waals surface area contributed by atoms with Gasteiger partial charge in [-0.1, -0.05) is 29.8 Å². The second-order valence-electron chi connectivity index (χ2n) is 8.45. The molecular formula is C25H22ClN7O2S. The minimum absolute atomic E-state index is 0.109. The highest BCUT2D eigenvalue weighted by atomic mass is 35.5. The van der Waals surface area contributed by atoms with Crippen molar-refractivity contribution in [3.8, 4) is 0 Å². The summed E-state index contributed by atoms with van der Waals surface area (Å²) in [6, 6.07) is 16.2. The molecule has 6 rings (SSSR count).